The lowest BCUT2D eigenvalue weighted by atomic mass is 10.1. The fourth-order valence-corrected chi connectivity index (χ4v) is 1.27. The van der Waals surface area contributed by atoms with Crippen LogP contribution in [-0.2, 0) is 4.79 Å². The lowest BCUT2D eigenvalue weighted by molar-refractivity contribution is -0.118. The molecule has 0 aliphatic rings. The predicted octanol–water partition coefficient (Wildman–Crippen LogP) is 1.73. The molecule has 0 aliphatic carbocycles. The number of hydrogen-bond donors (Lipinski definition) is 2. The van der Waals surface area contributed by atoms with Gasteiger partial charge in [0.25, 0.3) is 0 Å². The molecule has 0 bridgehead atoms. The van der Waals surface area contributed by atoms with Gasteiger partial charge in [0, 0.05) is 19.2 Å². The van der Waals surface area contributed by atoms with Crippen LogP contribution in [-0.4, -0.2) is 12.5 Å². The summed E-state index contributed by atoms with van der Waals surface area (Å²) in [7, 11) is 0. The fourth-order valence-electron chi connectivity index (χ4n) is 1.27. The molecule has 0 saturated heterocycles. The van der Waals surface area contributed by atoms with Gasteiger partial charge in [0.2, 0.25) is 5.91 Å². The smallest absolute Gasteiger partial charge is 0.217 e. The second kappa shape index (κ2) is 5.20. The van der Waals surface area contributed by atoms with Gasteiger partial charge in [0.05, 0.1) is 0 Å². The second-order valence-electron chi connectivity index (χ2n) is 3.46. The number of rotatable bonds is 3. The standard InChI is InChI=1S/C12H16N2O/c1-9-8-12(13)6-5-11(9)4-3-7-14-10(2)15/h3-6,8H,7,13H2,1-2H3,(H,14,15). The minimum atomic E-state index is -0.0197. The third kappa shape index (κ3) is 3.85. The number of hydrogen-bond acceptors (Lipinski definition) is 2. The fraction of sp³-hybridized carbons (Fsp3) is 0.250. The first-order valence-corrected chi connectivity index (χ1v) is 4.86. The summed E-state index contributed by atoms with van der Waals surface area (Å²) in [6.07, 6.45) is 3.89. The Morgan fingerprint density at radius 3 is 2.87 bits per heavy atom. The molecule has 0 unspecified atom stereocenters. The Balaban J connectivity index is 2.60. The minimum Gasteiger partial charge on any atom is -0.399 e. The molecule has 1 aromatic carbocycles. The molecule has 0 heterocycles. The number of nitrogens with two attached hydrogens (primary N) is 1. The summed E-state index contributed by atoms with van der Waals surface area (Å²) in [5, 5.41) is 2.70. The molecule has 1 amide bonds. The van der Waals surface area contributed by atoms with Crippen molar-refractivity contribution in [2.45, 2.75) is 13.8 Å². The normalized spacial score (nSPS) is 10.5. The van der Waals surface area contributed by atoms with E-state index in [1.165, 1.54) is 6.92 Å². The maximum atomic E-state index is 10.6. The van der Waals surface area contributed by atoms with E-state index in [-0.39, 0.29) is 5.91 Å². The summed E-state index contributed by atoms with van der Waals surface area (Å²) in [6, 6.07) is 5.76. The largest absolute Gasteiger partial charge is 0.399 e. The first kappa shape index (κ1) is 11.3. The molecule has 0 spiro atoms. The van der Waals surface area contributed by atoms with Crippen LogP contribution >= 0.6 is 0 Å². The van der Waals surface area contributed by atoms with E-state index in [0.29, 0.717) is 6.54 Å². The first-order chi connectivity index (χ1) is 7.09. The van der Waals surface area contributed by atoms with E-state index in [9.17, 15) is 4.79 Å². The molecule has 3 N–H and O–H groups in total. The number of nitrogens with one attached hydrogen (secondary N) is 1. The van der Waals surface area contributed by atoms with Crippen molar-refractivity contribution in [3.63, 3.8) is 0 Å². The van der Waals surface area contributed by atoms with Crippen LogP contribution in [0, 0.1) is 6.92 Å². The van der Waals surface area contributed by atoms with E-state index in [4.69, 9.17) is 5.73 Å². The Kier molecular flexibility index (Phi) is 3.92. The van der Waals surface area contributed by atoms with Gasteiger partial charge >= 0.3 is 0 Å². The molecule has 0 atom stereocenters. The van der Waals surface area contributed by atoms with Gasteiger partial charge in [-0.15, -0.1) is 0 Å². The van der Waals surface area contributed by atoms with Gasteiger partial charge < -0.3 is 11.1 Å². The van der Waals surface area contributed by atoms with Crippen LogP contribution in [0.3, 0.4) is 0 Å². The minimum absolute atomic E-state index is 0.0197. The second-order valence-corrected chi connectivity index (χ2v) is 3.46. The molecule has 0 aromatic heterocycles. The maximum Gasteiger partial charge on any atom is 0.217 e. The number of carbonyl (C=O) groups excluding carboxylic acids is 1. The zero-order valence-corrected chi connectivity index (χ0v) is 9.08. The number of benzene rings is 1. The quantitative estimate of drug-likeness (QED) is 0.737. The molecule has 1 aromatic rings. The molecule has 0 saturated carbocycles. The Labute approximate surface area is 90.0 Å². The average Bonchev–Trinajstić information content (AvgIpc) is 2.14. The summed E-state index contributed by atoms with van der Waals surface area (Å²) < 4.78 is 0. The van der Waals surface area contributed by atoms with E-state index >= 15 is 0 Å². The lowest BCUT2D eigenvalue weighted by Crippen LogP contribution is -2.19. The number of amides is 1. The molecule has 0 aliphatic heterocycles. The highest BCUT2D eigenvalue weighted by Crippen LogP contribution is 2.13. The van der Waals surface area contributed by atoms with Gasteiger partial charge in [-0.1, -0.05) is 18.2 Å². The molecule has 0 fully saturated rings. The Morgan fingerprint density at radius 2 is 2.27 bits per heavy atom. The van der Waals surface area contributed by atoms with Gasteiger partial charge in [-0.3, -0.25) is 4.79 Å². The van der Waals surface area contributed by atoms with Gasteiger partial charge in [-0.05, 0) is 30.2 Å². The van der Waals surface area contributed by atoms with Crippen molar-refractivity contribution in [3.8, 4) is 0 Å². The average molecular weight is 204 g/mol. The topological polar surface area (TPSA) is 55.1 Å². The van der Waals surface area contributed by atoms with Crippen molar-refractivity contribution in [2.75, 3.05) is 12.3 Å². The molecule has 1 rings (SSSR count). The highest BCUT2D eigenvalue weighted by molar-refractivity contribution is 5.73. The third-order valence-electron chi connectivity index (χ3n) is 2.06. The van der Waals surface area contributed by atoms with Crippen molar-refractivity contribution in [2.24, 2.45) is 0 Å². The zero-order chi connectivity index (χ0) is 11.3. The highest BCUT2D eigenvalue weighted by Gasteiger charge is 1.93. The van der Waals surface area contributed by atoms with Crippen LogP contribution in [0.15, 0.2) is 24.3 Å². The van der Waals surface area contributed by atoms with E-state index in [0.717, 1.165) is 16.8 Å². The van der Waals surface area contributed by atoms with Crippen molar-refractivity contribution in [1.82, 2.24) is 5.32 Å². The number of aryl methyl sites for hydroxylation is 1. The lowest BCUT2D eigenvalue weighted by Gasteiger charge is -2.01. The third-order valence-corrected chi connectivity index (χ3v) is 2.06. The molecule has 0 radical (unpaired) electrons. The van der Waals surface area contributed by atoms with Crippen LogP contribution in [0.2, 0.25) is 0 Å². The maximum absolute atomic E-state index is 10.6. The van der Waals surface area contributed by atoms with Crippen LogP contribution in [0.5, 0.6) is 0 Å². The van der Waals surface area contributed by atoms with Crippen molar-refractivity contribution in [3.05, 3.63) is 35.4 Å². The Hall–Kier alpha value is -1.77. The Bertz CT molecular complexity index is 383. The Morgan fingerprint density at radius 1 is 1.53 bits per heavy atom. The van der Waals surface area contributed by atoms with E-state index < -0.39 is 0 Å². The SMILES string of the molecule is CC(=O)NCC=Cc1ccc(N)cc1C. The van der Waals surface area contributed by atoms with Crippen LogP contribution in [0.1, 0.15) is 18.1 Å². The summed E-state index contributed by atoms with van der Waals surface area (Å²) in [4.78, 5) is 10.6. The van der Waals surface area contributed by atoms with Crippen molar-refractivity contribution < 1.29 is 4.79 Å². The van der Waals surface area contributed by atoms with Crippen LogP contribution in [0.25, 0.3) is 6.08 Å². The van der Waals surface area contributed by atoms with Crippen LogP contribution < -0.4 is 11.1 Å². The summed E-state index contributed by atoms with van der Waals surface area (Å²) in [5.74, 6) is -0.0197. The summed E-state index contributed by atoms with van der Waals surface area (Å²) in [6.45, 7) is 4.07. The predicted molar refractivity (Wildman–Crippen MR) is 63.3 cm³/mol. The molecular formula is C12H16N2O. The van der Waals surface area contributed by atoms with Crippen molar-refractivity contribution in [1.29, 1.82) is 0 Å². The first-order valence-electron chi connectivity index (χ1n) is 4.86. The highest BCUT2D eigenvalue weighted by atomic mass is 16.1. The van der Waals surface area contributed by atoms with Gasteiger partial charge in [0.15, 0.2) is 0 Å². The van der Waals surface area contributed by atoms with Gasteiger partial charge in [0.1, 0.15) is 0 Å². The molecule has 3 nitrogen and oxygen atoms in total. The van der Waals surface area contributed by atoms with Gasteiger partial charge in [-0.25, -0.2) is 0 Å². The van der Waals surface area contributed by atoms with Gasteiger partial charge in [-0.2, -0.15) is 0 Å². The molecule has 80 valence electrons. The van der Waals surface area contributed by atoms with Crippen molar-refractivity contribution >= 4 is 17.7 Å². The molecule has 15 heavy (non-hydrogen) atoms. The van der Waals surface area contributed by atoms with E-state index in [1.807, 2.05) is 37.3 Å². The monoisotopic (exact) mass is 204 g/mol. The summed E-state index contributed by atoms with van der Waals surface area (Å²) in [5.41, 5.74) is 8.66. The zero-order valence-electron chi connectivity index (χ0n) is 9.08. The van der Waals surface area contributed by atoms with E-state index in [2.05, 4.69) is 5.32 Å². The summed E-state index contributed by atoms with van der Waals surface area (Å²) >= 11 is 0. The number of nitrogen functional groups attached to an aromatic ring is 1. The van der Waals surface area contributed by atoms with E-state index in [1.54, 1.807) is 0 Å². The van der Waals surface area contributed by atoms with Crippen LogP contribution in [0.4, 0.5) is 5.69 Å². The molecular weight excluding hydrogens is 188 g/mol. The molecule has 3 heteroatoms. The number of carbonyl (C=O) groups is 1. The number of anilines is 1.